The molecule has 0 radical (unpaired) electrons. The molecule has 1 aromatic heterocycles. The Morgan fingerprint density at radius 1 is 1.21 bits per heavy atom. The molecule has 1 unspecified atom stereocenters. The molecule has 0 N–H and O–H groups in total. The first-order valence-electron chi connectivity index (χ1n) is 5.50. The lowest BCUT2D eigenvalue weighted by Gasteiger charge is -2.26. The number of carbonyl (C=O) groups excluding carboxylic acids is 1. The molecule has 1 atom stereocenters. The number of Topliss-reactive ketones (excluding diaryl/α,β-unsaturated/α-hetero) is 1. The zero-order valence-electron chi connectivity index (χ0n) is 10.1. The van der Waals surface area contributed by atoms with E-state index in [-0.39, 0.29) is 5.78 Å². The lowest BCUT2D eigenvalue weighted by molar-refractivity contribution is 0.101. The second-order valence-corrected chi connectivity index (χ2v) is 4.63. The lowest BCUT2D eigenvalue weighted by Crippen LogP contribution is -2.19. The summed E-state index contributed by atoms with van der Waals surface area (Å²) in [6, 6.07) is 9.64. The van der Waals surface area contributed by atoms with Crippen LogP contribution in [0.15, 0.2) is 48.8 Å². The van der Waals surface area contributed by atoms with Gasteiger partial charge >= 0.3 is 0 Å². The van der Waals surface area contributed by atoms with Gasteiger partial charge in [0, 0.05) is 11.8 Å². The van der Waals surface area contributed by atoms with Crippen LogP contribution in [0.2, 0.25) is 0 Å². The van der Waals surface area contributed by atoms with Crippen molar-refractivity contribution in [3.63, 3.8) is 0 Å². The van der Waals surface area contributed by atoms with Crippen LogP contribution in [0.3, 0.4) is 0 Å². The number of carbonyl (C=O) groups is 1. The van der Waals surface area contributed by atoms with Crippen LogP contribution in [0.5, 0.6) is 0 Å². The standard InChI is InChI=1S/C13H12N2O3S/c1-10(16)11-4-6-12(7-5-11)15(19(17)18)13-3-2-8-14-9-13/h2-9H,1H3,(H,17,18)/p-1. The molecule has 2 rings (SSSR count). The second kappa shape index (κ2) is 5.73. The Morgan fingerprint density at radius 2 is 1.89 bits per heavy atom. The summed E-state index contributed by atoms with van der Waals surface area (Å²) < 4.78 is 23.8. The summed E-state index contributed by atoms with van der Waals surface area (Å²) in [4.78, 5) is 15.1. The van der Waals surface area contributed by atoms with Crippen LogP contribution in [0.4, 0.5) is 11.4 Å². The number of benzene rings is 1. The van der Waals surface area contributed by atoms with Crippen LogP contribution in [0, 0.1) is 0 Å². The van der Waals surface area contributed by atoms with Gasteiger partial charge in [0.15, 0.2) is 5.78 Å². The van der Waals surface area contributed by atoms with Crippen molar-refractivity contribution in [2.24, 2.45) is 0 Å². The Bertz CT molecular complexity index is 599. The highest BCUT2D eigenvalue weighted by atomic mass is 32.2. The molecule has 0 saturated carbocycles. The molecule has 1 aromatic carbocycles. The fraction of sp³-hybridized carbons (Fsp3) is 0.0769. The molecule has 1 heterocycles. The molecule has 19 heavy (non-hydrogen) atoms. The van der Waals surface area contributed by atoms with E-state index in [1.54, 1.807) is 42.6 Å². The molecule has 0 aliphatic rings. The Kier molecular flexibility index (Phi) is 4.03. The predicted molar refractivity (Wildman–Crippen MR) is 71.7 cm³/mol. The summed E-state index contributed by atoms with van der Waals surface area (Å²) in [5.41, 5.74) is 1.42. The third kappa shape index (κ3) is 3.04. The Hall–Kier alpha value is -2.05. The van der Waals surface area contributed by atoms with Crippen LogP contribution in [0.25, 0.3) is 0 Å². The highest BCUT2D eigenvalue weighted by molar-refractivity contribution is 7.81. The smallest absolute Gasteiger partial charge is 0.159 e. The third-order valence-corrected chi connectivity index (χ3v) is 3.26. The zero-order valence-corrected chi connectivity index (χ0v) is 11.0. The molecule has 0 saturated heterocycles. The summed E-state index contributed by atoms with van der Waals surface area (Å²) in [5, 5.41) is 0. The SMILES string of the molecule is CC(=O)c1ccc(N(c2cccnc2)S(=O)[O-])cc1. The summed E-state index contributed by atoms with van der Waals surface area (Å²) in [7, 11) is 0. The van der Waals surface area contributed by atoms with Gasteiger partial charge in [-0.05, 0) is 43.3 Å². The van der Waals surface area contributed by atoms with Gasteiger partial charge in [0.2, 0.25) is 0 Å². The quantitative estimate of drug-likeness (QED) is 0.633. The zero-order chi connectivity index (χ0) is 13.8. The maximum Gasteiger partial charge on any atom is 0.159 e. The van der Waals surface area contributed by atoms with Crippen LogP contribution in [-0.2, 0) is 11.3 Å². The van der Waals surface area contributed by atoms with E-state index in [9.17, 15) is 13.6 Å². The Balaban J connectivity index is 2.40. The number of nitrogens with zero attached hydrogens (tertiary/aromatic N) is 2. The van der Waals surface area contributed by atoms with Crippen LogP contribution in [0.1, 0.15) is 17.3 Å². The first kappa shape index (κ1) is 13.4. The van der Waals surface area contributed by atoms with Crippen molar-refractivity contribution in [2.45, 2.75) is 6.92 Å². The molecule has 0 aliphatic carbocycles. The topological polar surface area (TPSA) is 73.3 Å². The number of hydrogen-bond donors (Lipinski definition) is 0. The van der Waals surface area contributed by atoms with Crippen molar-refractivity contribution in [3.05, 3.63) is 54.4 Å². The number of rotatable bonds is 4. The summed E-state index contributed by atoms with van der Waals surface area (Å²) >= 11 is -2.46. The van der Waals surface area contributed by atoms with Gasteiger partial charge in [0.1, 0.15) is 0 Å². The van der Waals surface area contributed by atoms with Crippen molar-refractivity contribution in [3.8, 4) is 0 Å². The minimum absolute atomic E-state index is 0.0669. The van der Waals surface area contributed by atoms with Gasteiger partial charge in [-0.25, -0.2) is 0 Å². The van der Waals surface area contributed by atoms with Crippen molar-refractivity contribution in [1.29, 1.82) is 0 Å². The number of aromatic nitrogens is 1. The predicted octanol–water partition coefficient (Wildman–Crippen LogP) is 2.22. The molecular formula is C13H11N2O3S-. The molecule has 0 bridgehead atoms. The van der Waals surface area contributed by atoms with Gasteiger partial charge in [-0.2, -0.15) is 0 Å². The van der Waals surface area contributed by atoms with E-state index in [1.165, 1.54) is 13.1 Å². The molecule has 0 amide bonds. The number of pyridine rings is 1. The van der Waals surface area contributed by atoms with E-state index in [0.29, 0.717) is 16.9 Å². The monoisotopic (exact) mass is 275 g/mol. The molecule has 2 aromatic rings. The fourth-order valence-electron chi connectivity index (χ4n) is 1.63. The molecular weight excluding hydrogens is 264 g/mol. The van der Waals surface area contributed by atoms with E-state index >= 15 is 0 Å². The summed E-state index contributed by atoms with van der Waals surface area (Å²) in [6.45, 7) is 1.46. The number of anilines is 2. The fourth-order valence-corrected chi connectivity index (χ4v) is 2.20. The summed E-state index contributed by atoms with van der Waals surface area (Å²) in [5.74, 6) is -0.0669. The number of ketones is 1. The van der Waals surface area contributed by atoms with Crippen molar-refractivity contribution < 1.29 is 13.6 Å². The Morgan fingerprint density at radius 3 is 2.37 bits per heavy atom. The largest absolute Gasteiger partial charge is 0.755 e. The van der Waals surface area contributed by atoms with Gasteiger partial charge in [-0.3, -0.25) is 18.3 Å². The molecule has 0 spiro atoms. The molecule has 0 aliphatic heterocycles. The minimum Gasteiger partial charge on any atom is -0.755 e. The molecule has 5 nitrogen and oxygen atoms in total. The maximum absolute atomic E-state index is 11.4. The second-order valence-electron chi connectivity index (χ2n) is 3.83. The van der Waals surface area contributed by atoms with Crippen molar-refractivity contribution in [2.75, 3.05) is 4.31 Å². The Labute approximate surface area is 113 Å². The average molecular weight is 275 g/mol. The van der Waals surface area contributed by atoms with Crippen molar-refractivity contribution in [1.82, 2.24) is 4.98 Å². The van der Waals surface area contributed by atoms with Gasteiger partial charge in [0.05, 0.1) is 28.8 Å². The van der Waals surface area contributed by atoms with E-state index in [1.807, 2.05) is 0 Å². The average Bonchev–Trinajstić information content (AvgIpc) is 2.40. The van der Waals surface area contributed by atoms with Gasteiger partial charge in [-0.1, -0.05) is 0 Å². The maximum atomic E-state index is 11.4. The minimum atomic E-state index is -2.46. The first-order valence-corrected chi connectivity index (χ1v) is 6.53. The molecule has 98 valence electrons. The highest BCUT2D eigenvalue weighted by Gasteiger charge is 2.10. The van der Waals surface area contributed by atoms with Crippen LogP contribution in [-0.4, -0.2) is 19.5 Å². The van der Waals surface area contributed by atoms with E-state index in [2.05, 4.69) is 4.98 Å². The van der Waals surface area contributed by atoms with Crippen LogP contribution >= 0.6 is 0 Å². The van der Waals surface area contributed by atoms with E-state index in [4.69, 9.17) is 0 Å². The molecule has 6 heteroatoms. The normalized spacial score (nSPS) is 11.9. The molecule has 0 fully saturated rings. The third-order valence-electron chi connectivity index (χ3n) is 2.54. The van der Waals surface area contributed by atoms with Gasteiger partial charge in [-0.15, -0.1) is 0 Å². The van der Waals surface area contributed by atoms with Gasteiger partial charge < -0.3 is 4.55 Å². The van der Waals surface area contributed by atoms with E-state index in [0.717, 1.165) is 4.31 Å². The van der Waals surface area contributed by atoms with Crippen LogP contribution < -0.4 is 4.31 Å². The highest BCUT2D eigenvalue weighted by Crippen LogP contribution is 2.26. The number of hydrogen-bond acceptors (Lipinski definition) is 4. The van der Waals surface area contributed by atoms with Crippen molar-refractivity contribution >= 4 is 28.4 Å². The van der Waals surface area contributed by atoms with E-state index < -0.39 is 11.3 Å². The lowest BCUT2D eigenvalue weighted by atomic mass is 10.1. The van der Waals surface area contributed by atoms with Gasteiger partial charge in [0.25, 0.3) is 0 Å². The first-order chi connectivity index (χ1) is 9.09. The summed E-state index contributed by atoms with van der Waals surface area (Å²) in [6.07, 6.45) is 3.02.